The Morgan fingerprint density at radius 3 is 3.00 bits per heavy atom. The summed E-state index contributed by atoms with van der Waals surface area (Å²) in [6, 6.07) is 3.26. The molecule has 0 spiro atoms. The van der Waals surface area contributed by atoms with Crippen LogP contribution in [-0.4, -0.2) is 61.0 Å². The van der Waals surface area contributed by atoms with Crippen molar-refractivity contribution in [2.24, 2.45) is 5.92 Å². The van der Waals surface area contributed by atoms with E-state index in [0.717, 1.165) is 18.8 Å². The van der Waals surface area contributed by atoms with Crippen LogP contribution < -0.4 is 5.32 Å². The molecule has 3 atom stereocenters. The van der Waals surface area contributed by atoms with Crippen molar-refractivity contribution in [1.82, 2.24) is 15.2 Å². The Morgan fingerprint density at radius 2 is 2.38 bits per heavy atom. The van der Waals surface area contributed by atoms with Gasteiger partial charge in [0.25, 0.3) is 0 Å². The highest BCUT2D eigenvalue weighted by molar-refractivity contribution is 5.11. The van der Waals surface area contributed by atoms with Crippen molar-refractivity contribution in [2.45, 2.75) is 19.0 Å². The predicted octanol–water partition coefficient (Wildman–Crippen LogP) is 0.810. The summed E-state index contributed by atoms with van der Waals surface area (Å²) in [5.41, 5.74) is 0.834. The van der Waals surface area contributed by atoms with Crippen molar-refractivity contribution < 1.29 is 14.2 Å². The Hall–Kier alpha value is -1.08. The van der Waals surface area contributed by atoms with Crippen LogP contribution in [0.25, 0.3) is 0 Å². The van der Waals surface area contributed by atoms with Crippen LogP contribution >= 0.6 is 0 Å². The first-order valence-corrected chi connectivity index (χ1v) is 7.37. The minimum Gasteiger partial charge on any atom is -0.395 e. The molecular formula is C15H24FN3O2. The molecule has 1 aliphatic rings. The molecule has 5 nitrogen and oxygen atoms in total. The average Bonchev–Trinajstić information content (AvgIpc) is 2.50. The quantitative estimate of drug-likeness (QED) is 0.814. The predicted molar refractivity (Wildman–Crippen MR) is 78.4 cm³/mol. The van der Waals surface area contributed by atoms with E-state index in [-0.39, 0.29) is 30.4 Å². The van der Waals surface area contributed by atoms with Gasteiger partial charge in [-0.15, -0.1) is 0 Å². The van der Waals surface area contributed by atoms with Crippen LogP contribution in [0, 0.1) is 11.7 Å². The van der Waals surface area contributed by atoms with E-state index in [1.807, 2.05) is 7.05 Å². The third-order valence-electron chi connectivity index (χ3n) is 4.03. The summed E-state index contributed by atoms with van der Waals surface area (Å²) in [5, 5.41) is 12.7. The summed E-state index contributed by atoms with van der Waals surface area (Å²) in [5.74, 6) is -0.0464. The van der Waals surface area contributed by atoms with E-state index in [4.69, 9.17) is 4.74 Å². The lowest BCUT2D eigenvalue weighted by atomic mass is 9.97. The molecule has 1 aromatic heterocycles. The molecule has 0 saturated carbocycles. The molecule has 1 aliphatic heterocycles. The molecule has 0 aliphatic carbocycles. The van der Waals surface area contributed by atoms with E-state index in [2.05, 4.69) is 22.1 Å². The second-order valence-corrected chi connectivity index (χ2v) is 5.55. The number of aliphatic hydroxyl groups is 1. The second-order valence-electron chi connectivity index (χ2n) is 5.55. The third-order valence-corrected chi connectivity index (χ3v) is 4.03. The van der Waals surface area contributed by atoms with Gasteiger partial charge >= 0.3 is 0 Å². The molecule has 2 heterocycles. The highest BCUT2D eigenvalue weighted by atomic mass is 19.1. The van der Waals surface area contributed by atoms with Crippen molar-refractivity contribution in [1.29, 1.82) is 0 Å². The van der Waals surface area contributed by atoms with Crippen LogP contribution in [0.2, 0.25) is 0 Å². The van der Waals surface area contributed by atoms with Gasteiger partial charge in [-0.05, 0) is 25.1 Å². The second kappa shape index (κ2) is 7.79. The minimum atomic E-state index is -0.324. The lowest BCUT2D eigenvalue weighted by Crippen LogP contribution is -2.50. The van der Waals surface area contributed by atoms with Gasteiger partial charge in [-0.1, -0.05) is 6.92 Å². The van der Waals surface area contributed by atoms with Crippen molar-refractivity contribution >= 4 is 0 Å². The maximum Gasteiger partial charge on any atom is 0.141 e. The molecule has 1 aromatic rings. The van der Waals surface area contributed by atoms with Crippen molar-refractivity contribution in [3.05, 3.63) is 29.8 Å². The lowest BCUT2D eigenvalue weighted by Gasteiger charge is -2.37. The first kappa shape index (κ1) is 16.3. The summed E-state index contributed by atoms with van der Waals surface area (Å²) in [6.07, 6.45) is 1.25. The number of halogens is 1. The molecule has 21 heavy (non-hydrogen) atoms. The van der Waals surface area contributed by atoms with E-state index in [0.29, 0.717) is 13.2 Å². The van der Waals surface area contributed by atoms with Gasteiger partial charge in [0.05, 0.1) is 43.8 Å². The molecule has 2 N–H and O–H groups in total. The highest BCUT2D eigenvalue weighted by Crippen LogP contribution is 2.22. The van der Waals surface area contributed by atoms with Gasteiger partial charge in [0.1, 0.15) is 5.82 Å². The summed E-state index contributed by atoms with van der Waals surface area (Å²) in [7, 11) is 1.88. The Morgan fingerprint density at radius 1 is 1.57 bits per heavy atom. The van der Waals surface area contributed by atoms with E-state index in [1.165, 1.54) is 12.3 Å². The molecule has 1 saturated heterocycles. The molecule has 0 aromatic carbocycles. The molecule has 2 rings (SSSR count). The number of hydrogen-bond donors (Lipinski definition) is 2. The van der Waals surface area contributed by atoms with Crippen LogP contribution in [0.15, 0.2) is 18.3 Å². The number of ether oxygens (including phenoxy) is 1. The minimum absolute atomic E-state index is 0.0489. The Kier molecular flexibility index (Phi) is 6.05. The largest absolute Gasteiger partial charge is 0.395 e. The van der Waals surface area contributed by atoms with Crippen molar-refractivity contribution in [3.63, 3.8) is 0 Å². The number of aliphatic hydroxyl groups excluding tert-OH is 1. The molecule has 0 radical (unpaired) electrons. The summed E-state index contributed by atoms with van der Waals surface area (Å²) >= 11 is 0. The molecule has 3 unspecified atom stereocenters. The monoisotopic (exact) mass is 297 g/mol. The fourth-order valence-electron chi connectivity index (χ4n) is 2.87. The number of nitrogens with zero attached hydrogens (tertiary/aromatic N) is 2. The molecule has 0 bridgehead atoms. The number of morpholine rings is 1. The Bertz CT molecular complexity index is 429. The maximum absolute atomic E-state index is 13.0. The first-order chi connectivity index (χ1) is 10.2. The van der Waals surface area contributed by atoms with E-state index >= 15 is 0 Å². The van der Waals surface area contributed by atoms with Gasteiger partial charge in [0, 0.05) is 13.1 Å². The number of rotatable bonds is 6. The molecule has 6 heteroatoms. The van der Waals surface area contributed by atoms with E-state index in [1.54, 1.807) is 6.07 Å². The number of pyridine rings is 1. The fourth-order valence-corrected chi connectivity index (χ4v) is 2.87. The smallest absolute Gasteiger partial charge is 0.141 e. The van der Waals surface area contributed by atoms with E-state index in [9.17, 15) is 9.50 Å². The van der Waals surface area contributed by atoms with Crippen molar-refractivity contribution in [2.75, 3.05) is 40.0 Å². The first-order valence-electron chi connectivity index (χ1n) is 7.37. The van der Waals surface area contributed by atoms with Crippen LogP contribution in [0.5, 0.6) is 0 Å². The van der Waals surface area contributed by atoms with Crippen molar-refractivity contribution in [3.8, 4) is 0 Å². The summed E-state index contributed by atoms with van der Waals surface area (Å²) < 4.78 is 18.4. The lowest BCUT2D eigenvalue weighted by molar-refractivity contribution is -0.0344. The van der Waals surface area contributed by atoms with Gasteiger partial charge in [-0.2, -0.15) is 0 Å². The van der Waals surface area contributed by atoms with Crippen LogP contribution in [0.4, 0.5) is 4.39 Å². The summed E-state index contributed by atoms with van der Waals surface area (Å²) in [6.45, 7) is 5.16. The van der Waals surface area contributed by atoms with Crippen LogP contribution in [0.1, 0.15) is 18.7 Å². The van der Waals surface area contributed by atoms with Gasteiger partial charge in [-0.3, -0.25) is 9.88 Å². The van der Waals surface area contributed by atoms with E-state index < -0.39 is 0 Å². The number of hydrogen-bond acceptors (Lipinski definition) is 5. The van der Waals surface area contributed by atoms with Gasteiger partial charge in [0.2, 0.25) is 0 Å². The van der Waals surface area contributed by atoms with Gasteiger partial charge in [-0.25, -0.2) is 4.39 Å². The standard InChI is InChI=1S/C15H24FN3O2/c1-11(8-19-5-6-21-10-13(19)9-20)15(17-2)14-4-3-12(16)7-18-14/h3-4,7,11,13,15,17,20H,5-6,8-10H2,1-2H3. The number of aromatic nitrogens is 1. The summed E-state index contributed by atoms with van der Waals surface area (Å²) in [4.78, 5) is 6.42. The van der Waals surface area contributed by atoms with Crippen LogP contribution in [0.3, 0.4) is 0 Å². The average molecular weight is 297 g/mol. The van der Waals surface area contributed by atoms with Gasteiger partial charge < -0.3 is 15.2 Å². The Labute approximate surface area is 125 Å². The normalized spacial score (nSPS) is 23.0. The number of nitrogens with one attached hydrogen (secondary N) is 1. The molecule has 1 fully saturated rings. The highest BCUT2D eigenvalue weighted by Gasteiger charge is 2.27. The zero-order chi connectivity index (χ0) is 15.2. The molecule has 0 amide bonds. The Balaban J connectivity index is 2.02. The zero-order valence-electron chi connectivity index (χ0n) is 12.6. The zero-order valence-corrected chi connectivity index (χ0v) is 12.6. The fraction of sp³-hybridized carbons (Fsp3) is 0.667. The molecular weight excluding hydrogens is 273 g/mol. The maximum atomic E-state index is 13.0. The third kappa shape index (κ3) is 4.20. The topological polar surface area (TPSA) is 57.6 Å². The van der Waals surface area contributed by atoms with Crippen LogP contribution in [-0.2, 0) is 4.74 Å². The molecule has 118 valence electrons. The van der Waals surface area contributed by atoms with Gasteiger partial charge in [0.15, 0.2) is 0 Å². The SMILES string of the molecule is CNC(c1ccc(F)cn1)C(C)CN1CCOCC1CO.